The van der Waals surface area contributed by atoms with Gasteiger partial charge in [0.05, 0.1) is 12.5 Å². The molecule has 0 aliphatic carbocycles. The van der Waals surface area contributed by atoms with Gasteiger partial charge < -0.3 is 14.6 Å². The molecular formula is C27H23FN4O. The summed E-state index contributed by atoms with van der Waals surface area (Å²) in [5.74, 6) is 1.35. The van der Waals surface area contributed by atoms with E-state index in [2.05, 4.69) is 39.6 Å². The number of nitrogens with zero attached hydrogens (tertiary/aromatic N) is 3. The standard InChI is InChI=1S/C27H23FN4O/c1-33-23-13-7-19(8-14-23)15-16-29-26-25-24(20-5-3-2-4-6-20)17-32(27(25)31-18-30-26)22-11-9-21(28)10-12-22/h2-14,17-18H,15-16H2,1H3,(H,29,30,31). The molecule has 164 valence electrons. The first-order valence-corrected chi connectivity index (χ1v) is 10.8. The van der Waals surface area contributed by atoms with Crippen molar-refractivity contribution < 1.29 is 9.13 Å². The van der Waals surface area contributed by atoms with Crippen molar-refractivity contribution in [2.75, 3.05) is 19.0 Å². The molecule has 1 N–H and O–H groups in total. The molecule has 0 saturated heterocycles. The number of methoxy groups -OCH3 is 1. The number of hydrogen-bond acceptors (Lipinski definition) is 4. The van der Waals surface area contributed by atoms with Gasteiger partial charge in [-0.25, -0.2) is 14.4 Å². The van der Waals surface area contributed by atoms with E-state index in [4.69, 9.17) is 4.74 Å². The highest BCUT2D eigenvalue weighted by Gasteiger charge is 2.17. The average molecular weight is 439 g/mol. The smallest absolute Gasteiger partial charge is 0.150 e. The minimum atomic E-state index is -0.269. The Bertz CT molecular complexity index is 1360. The van der Waals surface area contributed by atoms with Gasteiger partial charge in [-0.1, -0.05) is 42.5 Å². The summed E-state index contributed by atoms with van der Waals surface area (Å²) < 4.78 is 20.7. The van der Waals surface area contributed by atoms with Gasteiger partial charge in [-0.05, 0) is 53.9 Å². The van der Waals surface area contributed by atoms with Crippen LogP contribution < -0.4 is 10.1 Å². The molecule has 5 nitrogen and oxygen atoms in total. The molecule has 0 bridgehead atoms. The van der Waals surface area contributed by atoms with Gasteiger partial charge in [-0.2, -0.15) is 0 Å². The van der Waals surface area contributed by atoms with Crippen molar-refractivity contribution in [3.63, 3.8) is 0 Å². The van der Waals surface area contributed by atoms with Crippen molar-refractivity contribution in [3.8, 4) is 22.6 Å². The van der Waals surface area contributed by atoms with Gasteiger partial charge in [0.1, 0.15) is 23.7 Å². The lowest BCUT2D eigenvalue weighted by molar-refractivity contribution is 0.414. The van der Waals surface area contributed by atoms with Crippen LogP contribution in [0.25, 0.3) is 27.8 Å². The van der Waals surface area contributed by atoms with Gasteiger partial charge >= 0.3 is 0 Å². The van der Waals surface area contributed by atoms with Crippen molar-refractivity contribution in [1.82, 2.24) is 14.5 Å². The van der Waals surface area contributed by atoms with Crippen LogP contribution >= 0.6 is 0 Å². The summed E-state index contributed by atoms with van der Waals surface area (Å²) >= 11 is 0. The maximum absolute atomic E-state index is 13.5. The van der Waals surface area contributed by atoms with Crippen LogP contribution in [-0.4, -0.2) is 28.2 Å². The predicted octanol–water partition coefficient (Wildman–Crippen LogP) is 5.89. The number of anilines is 1. The van der Waals surface area contributed by atoms with E-state index in [0.29, 0.717) is 6.54 Å². The monoisotopic (exact) mass is 438 g/mol. The van der Waals surface area contributed by atoms with Crippen molar-refractivity contribution in [1.29, 1.82) is 0 Å². The fraction of sp³-hybridized carbons (Fsp3) is 0.111. The lowest BCUT2D eigenvalue weighted by Crippen LogP contribution is -2.07. The summed E-state index contributed by atoms with van der Waals surface area (Å²) in [5.41, 5.74) is 4.90. The zero-order valence-electron chi connectivity index (χ0n) is 18.2. The van der Waals surface area contributed by atoms with Crippen LogP contribution in [-0.2, 0) is 6.42 Å². The van der Waals surface area contributed by atoms with Gasteiger partial charge in [0.15, 0.2) is 5.65 Å². The normalized spacial score (nSPS) is 11.0. The first-order chi connectivity index (χ1) is 16.2. The van der Waals surface area contributed by atoms with Gasteiger partial charge in [-0.3, -0.25) is 0 Å². The molecule has 0 aliphatic rings. The number of fused-ring (bicyclic) bond motifs is 1. The highest BCUT2D eigenvalue weighted by atomic mass is 19.1. The molecule has 0 atom stereocenters. The maximum Gasteiger partial charge on any atom is 0.150 e. The SMILES string of the molecule is COc1ccc(CCNc2ncnc3c2c(-c2ccccc2)cn3-c2ccc(F)cc2)cc1. The Labute approximate surface area is 191 Å². The van der Waals surface area contributed by atoms with Crippen molar-refractivity contribution in [3.05, 3.63) is 103 Å². The van der Waals surface area contributed by atoms with Crippen LogP contribution in [0.15, 0.2) is 91.4 Å². The van der Waals surface area contributed by atoms with Crippen molar-refractivity contribution in [2.45, 2.75) is 6.42 Å². The lowest BCUT2D eigenvalue weighted by Gasteiger charge is -2.09. The minimum absolute atomic E-state index is 0.269. The zero-order chi connectivity index (χ0) is 22.6. The van der Waals surface area contributed by atoms with Crippen molar-refractivity contribution in [2.24, 2.45) is 0 Å². The van der Waals surface area contributed by atoms with Gasteiger partial charge in [0, 0.05) is 24.0 Å². The van der Waals surface area contributed by atoms with E-state index in [-0.39, 0.29) is 5.82 Å². The molecular weight excluding hydrogens is 415 g/mol. The summed E-state index contributed by atoms with van der Waals surface area (Å²) in [6, 6.07) is 24.6. The van der Waals surface area contributed by atoms with Crippen LogP contribution in [0, 0.1) is 5.82 Å². The second kappa shape index (κ2) is 9.12. The number of nitrogens with one attached hydrogen (secondary N) is 1. The highest BCUT2D eigenvalue weighted by Crippen LogP contribution is 2.35. The van der Waals surface area contributed by atoms with Crippen molar-refractivity contribution >= 4 is 16.9 Å². The van der Waals surface area contributed by atoms with Crippen LogP contribution in [0.1, 0.15) is 5.56 Å². The minimum Gasteiger partial charge on any atom is -0.497 e. The predicted molar refractivity (Wildman–Crippen MR) is 129 cm³/mol. The average Bonchev–Trinajstić information content (AvgIpc) is 3.26. The molecule has 0 radical (unpaired) electrons. The Balaban J connectivity index is 1.52. The van der Waals surface area contributed by atoms with Crippen LogP contribution in [0.5, 0.6) is 5.75 Å². The summed E-state index contributed by atoms with van der Waals surface area (Å²) in [6.07, 6.45) is 4.44. The lowest BCUT2D eigenvalue weighted by atomic mass is 10.1. The number of rotatable bonds is 7. The highest BCUT2D eigenvalue weighted by molar-refractivity contribution is 6.02. The second-order valence-corrected chi connectivity index (χ2v) is 7.70. The second-order valence-electron chi connectivity index (χ2n) is 7.70. The molecule has 0 amide bonds. The van der Waals surface area contributed by atoms with E-state index < -0.39 is 0 Å². The first kappa shape index (κ1) is 20.7. The molecule has 3 aromatic carbocycles. The van der Waals surface area contributed by atoms with Crippen LogP contribution in [0.2, 0.25) is 0 Å². The Morgan fingerprint density at radius 3 is 2.39 bits per heavy atom. The first-order valence-electron chi connectivity index (χ1n) is 10.8. The summed E-state index contributed by atoms with van der Waals surface area (Å²) in [4.78, 5) is 9.13. The molecule has 0 aliphatic heterocycles. The molecule has 5 aromatic rings. The Hall–Kier alpha value is -4.19. The van der Waals surface area contributed by atoms with E-state index in [1.807, 2.05) is 41.1 Å². The Morgan fingerprint density at radius 1 is 0.909 bits per heavy atom. The number of hydrogen-bond donors (Lipinski definition) is 1. The third-order valence-corrected chi connectivity index (χ3v) is 5.64. The van der Waals surface area contributed by atoms with Crippen LogP contribution in [0.3, 0.4) is 0 Å². The summed E-state index contributed by atoms with van der Waals surface area (Å²) in [5, 5.41) is 4.43. The van der Waals surface area contributed by atoms with Gasteiger partial charge in [0.2, 0.25) is 0 Å². The Kier molecular flexibility index (Phi) is 5.72. The Morgan fingerprint density at radius 2 is 1.67 bits per heavy atom. The topological polar surface area (TPSA) is 52.0 Å². The van der Waals surface area contributed by atoms with E-state index in [0.717, 1.165) is 45.8 Å². The molecule has 0 spiro atoms. The number of halogens is 1. The molecule has 33 heavy (non-hydrogen) atoms. The van der Waals surface area contributed by atoms with Gasteiger partial charge in [-0.15, -0.1) is 0 Å². The van der Waals surface area contributed by atoms with E-state index in [1.54, 1.807) is 25.6 Å². The number of benzene rings is 3. The quantitative estimate of drug-likeness (QED) is 0.344. The van der Waals surface area contributed by atoms with E-state index in [1.165, 1.54) is 17.7 Å². The molecule has 0 saturated carbocycles. The fourth-order valence-electron chi connectivity index (χ4n) is 3.95. The molecule has 0 fully saturated rings. The summed E-state index contributed by atoms with van der Waals surface area (Å²) in [7, 11) is 1.67. The van der Waals surface area contributed by atoms with Gasteiger partial charge in [0.25, 0.3) is 0 Å². The summed E-state index contributed by atoms with van der Waals surface area (Å²) in [6.45, 7) is 0.717. The third-order valence-electron chi connectivity index (χ3n) is 5.64. The molecule has 0 unspecified atom stereocenters. The van der Waals surface area contributed by atoms with Crippen LogP contribution in [0.4, 0.5) is 10.2 Å². The molecule has 2 heterocycles. The van der Waals surface area contributed by atoms with E-state index >= 15 is 0 Å². The molecule has 6 heteroatoms. The van der Waals surface area contributed by atoms with E-state index in [9.17, 15) is 4.39 Å². The third kappa shape index (κ3) is 4.28. The molecule has 5 rings (SSSR count). The maximum atomic E-state index is 13.5. The number of ether oxygens (including phenoxy) is 1. The number of aromatic nitrogens is 3. The molecule has 2 aromatic heterocycles. The fourth-order valence-corrected chi connectivity index (χ4v) is 3.95. The largest absolute Gasteiger partial charge is 0.497 e. The zero-order valence-corrected chi connectivity index (χ0v) is 18.2.